The van der Waals surface area contributed by atoms with E-state index < -0.39 is 29.2 Å². The van der Waals surface area contributed by atoms with Crippen molar-refractivity contribution in [3.8, 4) is 0 Å². The van der Waals surface area contributed by atoms with Crippen molar-refractivity contribution in [2.24, 2.45) is 5.73 Å². The molecular weight excluding hydrogens is 352 g/mol. The minimum Gasteiger partial charge on any atom is -0.460 e. The summed E-state index contributed by atoms with van der Waals surface area (Å²) in [7, 11) is 0. The highest BCUT2D eigenvalue weighted by molar-refractivity contribution is 5.86. The average molecular weight is 386 g/mol. The van der Waals surface area contributed by atoms with Crippen molar-refractivity contribution in [1.82, 2.24) is 4.90 Å². The van der Waals surface area contributed by atoms with Gasteiger partial charge in [-0.2, -0.15) is 0 Å². The Morgan fingerprint density at radius 2 is 1.44 bits per heavy atom. The normalized spacial score (nSPS) is 17.4. The van der Waals surface area contributed by atoms with Gasteiger partial charge < -0.3 is 24.8 Å². The second-order valence-corrected chi connectivity index (χ2v) is 8.82. The number of likely N-dealkylation sites (tertiary alicyclic amines) is 1. The fourth-order valence-electron chi connectivity index (χ4n) is 2.68. The predicted molar refractivity (Wildman–Crippen MR) is 99.8 cm³/mol. The van der Waals surface area contributed by atoms with Gasteiger partial charge in [0.1, 0.15) is 17.8 Å². The summed E-state index contributed by atoms with van der Waals surface area (Å²) in [5, 5.41) is 0. The molecule has 1 aliphatic heterocycles. The number of ether oxygens (including phenoxy) is 3. The van der Waals surface area contributed by atoms with Gasteiger partial charge in [-0.3, -0.25) is 9.59 Å². The predicted octanol–water partition coefficient (Wildman–Crippen LogP) is 1.39. The lowest BCUT2D eigenvalue weighted by Gasteiger charge is -2.33. The zero-order valence-electron chi connectivity index (χ0n) is 17.4. The van der Waals surface area contributed by atoms with E-state index in [0.29, 0.717) is 25.9 Å². The van der Waals surface area contributed by atoms with Crippen LogP contribution in [0.25, 0.3) is 0 Å². The van der Waals surface area contributed by atoms with Gasteiger partial charge in [-0.25, -0.2) is 4.79 Å². The van der Waals surface area contributed by atoms with E-state index in [9.17, 15) is 14.4 Å². The van der Waals surface area contributed by atoms with Gasteiger partial charge in [0.15, 0.2) is 0 Å². The number of carbonyl (C=O) groups excluding carboxylic acids is 3. The van der Waals surface area contributed by atoms with E-state index in [-0.39, 0.29) is 25.0 Å². The number of hydrogen-bond acceptors (Lipinski definition) is 7. The molecule has 1 saturated heterocycles. The van der Waals surface area contributed by atoms with Crippen molar-refractivity contribution < 1.29 is 28.6 Å². The number of piperidine rings is 1. The Balaban J connectivity index is 2.35. The summed E-state index contributed by atoms with van der Waals surface area (Å²) in [6.07, 6.45) is 0.954. The second-order valence-electron chi connectivity index (χ2n) is 8.82. The lowest BCUT2D eigenvalue weighted by Crippen LogP contribution is -2.49. The molecule has 1 unspecified atom stereocenters. The molecule has 27 heavy (non-hydrogen) atoms. The molecule has 1 atom stereocenters. The van der Waals surface area contributed by atoms with Crippen LogP contribution in [0.1, 0.15) is 60.8 Å². The summed E-state index contributed by atoms with van der Waals surface area (Å²) in [4.78, 5) is 37.5. The highest BCUT2D eigenvalue weighted by atomic mass is 16.6. The largest absolute Gasteiger partial charge is 0.460 e. The number of esters is 2. The number of carbonyl (C=O) groups is 3. The van der Waals surface area contributed by atoms with E-state index in [1.54, 1.807) is 46.4 Å². The number of amides is 1. The van der Waals surface area contributed by atoms with Crippen LogP contribution in [-0.4, -0.2) is 65.8 Å². The molecule has 1 amide bonds. The van der Waals surface area contributed by atoms with Gasteiger partial charge in [-0.1, -0.05) is 0 Å². The van der Waals surface area contributed by atoms with Gasteiger partial charge >= 0.3 is 11.9 Å². The molecule has 1 fully saturated rings. The van der Waals surface area contributed by atoms with Crippen molar-refractivity contribution in [3.63, 3.8) is 0 Å². The molecule has 0 saturated carbocycles. The summed E-state index contributed by atoms with van der Waals surface area (Å²) in [5.41, 5.74) is 4.73. The number of nitrogens with two attached hydrogens (primary N) is 1. The Kier molecular flexibility index (Phi) is 8.23. The Bertz CT molecular complexity index is 527. The molecule has 8 heteroatoms. The fraction of sp³-hybridized carbons (Fsp3) is 0.842. The summed E-state index contributed by atoms with van der Waals surface area (Å²) in [6.45, 7) is 11.5. The molecule has 0 aromatic rings. The lowest BCUT2D eigenvalue weighted by molar-refractivity contribution is -0.163. The van der Waals surface area contributed by atoms with E-state index in [0.717, 1.165) is 0 Å². The zero-order valence-corrected chi connectivity index (χ0v) is 17.4. The molecule has 2 N–H and O–H groups in total. The van der Waals surface area contributed by atoms with Gasteiger partial charge in [0.05, 0.1) is 18.6 Å². The maximum atomic E-state index is 12.4. The summed E-state index contributed by atoms with van der Waals surface area (Å²) in [5.74, 6) is -1.16. The van der Waals surface area contributed by atoms with Crippen LogP contribution in [0.2, 0.25) is 0 Å². The monoisotopic (exact) mass is 386 g/mol. The Hall–Kier alpha value is -1.67. The molecule has 0 spiro atoms. The third-order valence-electron chi connectivity index (χ3n) is 3.73. The van der Waals surface area contributed by atoms with Crippen LogP contribution in [-0.2, 0) is 28.6 Å². The van der Waals surface area contributed by atoms with Gasteiger partial charge in [0.2, 0.25) is 5.91 Å². The summed E-state index contributed by atoms with van der Waals surface area (Å²) < 4.78 is 16.0. The molecule has 1 aliphatic rings. The number of hydrogen-bond donors (Lipinski definition) is 1. The minimum atomic E-state index is -0.918. The van der Waals surface area contributed by atoms with Crippen LogP contribution in [0, 0.1) is 0 Å². The molecule has 0 radical (unpaired) electrons. The first kappa shape index (κ1) is 23.4. The first-order valence-corrected chi connectivity index (χ1v) is 9.36. The van der Waals surface area contributed by atoms with Crippen molar-refractivity contribution >= 4 is 17.8 Å². The van der Waals surface area contributed by atoms with Crippen LogP contribution < -0.4 is 5.73 Å². The van der Waals surface area contributed by atoms with Gasteiger partial charge in [0.25, 0.3) is 0 Å². The van der Waals surface area contributed by atoms with Crippen molar-refractivity contribution in [2.75, 3.05) is 19.7 Å². The SMILES string of the molecule is CC(C)(C)OC(=O)COC1CCN(C(=O)C(N)CC(=O)OC(C)(C)C)CC1. The first-order chi connectivity index (χ1) is 12.3. The third-order valence-corrected chi connectivity index (χ3v) is 3.73. The molecule has 0 bridgehead atoms. The maximum Gasteiger partial charge on any atom is 0.332 e. The van der Waals surface area contributed by atoms with Gasteiger partial charge in [-0.15, -0.1) is 0 Å². The van der Waals surface area contributed by atoms with Crippen molar-refractivity contribution in [1.29, 1.82) is 0 Å². The fourth-order valence-corrected chi connectivity index (χ4v) is 2.68. The minimum absolute atomic E-state index is 0.103. The van der Waals surface area contributed by atoms with Gasteiger partial charge in [0, 0.05) is 13.1 Å². The topological polar surface area (TPSA) is 108 Å². The number of rotatable bonds is 6. The Morgan fingerprint density at radius 1 is 0.963 bits per heavy atom. The second kappa shape index (κ2) is 9.50. The molecule has 1 rings (SSSR count). The van der Waals surface area contributed by atoms with E-state index in [2.05, 4.69) is 0 Å². The maximum absolute atomic E-state index is 12.4. The average Bonchev–Trinajstić information content (AvgIpc) is 2.49. The van der Waals surface area contributed by atoms with E-state index in [1.165, 1.54) is 0 Å². The smallest absolute Gasteiger partial charge is 0.332 e. The van der Waals surface area contributed by atoms with Crippen molar-refractivity contribution in [2.45, 2.75) is 84.2 Å². The van der Waals surface area contributed by atoms with Crippen LogP contribution in [0.5, 0.6) is 0 Å². The van der Waals surface area contributed by atoms with Crippen LogP contribution >= 0.6 is 0 Å². The third kappa shape index (κ3) is 9.72. The first-order valence-electron chi connectivity index (χ1n) is 9.36. The van der Waals surface area contributed by atoms with E-state index in [1.807, 2.05) is 0 Å². The zero-order chi connectivity index (χ0) is 20.8. The van der Waals surface area contributed by atoms with E-state index in [4.69, 9.17) is 19.9 Å². The Labute approximate surface area is 161 Å². The molecule has 8 nitrogen and oxygen atoms in total. The van der Waals surface area contributed by atoms with E-state index >= 15 is 0 Å². The van der Waals surface area contributed by atoms with Crippen LogP contribution in [0.3, 0.4) is 0 Å². The molecule has 0 aliphatic carbocycles. The molecular formula is C19H34N2O6. The Morgan fingerprint density at radius 3 is 1.93 bits per heavy atom. The highest BCUT2D eigenvalue weighted by Gasteiger charge is 2.29. The van der Waals surface area contributed by atoms with Crippen LogP contribution in [0.15, 0.2) is 0 Å². The van der Waals surface area contributed by atoms with Crippen molar-refractivity contribution in [3.05, 3.63) is 0 Å². The molecule has 1 heterocycles. The number of nitrogens with zero attached hydrogens (tertiary/aromatic N) is 1. The molecule has 0 aromatic carbocycles. The quantitative estimate of drug-likeness (QED) is 0.687. The van der Waals surface area contributed by atoms with Gasteiger partial charge in [-0.05, 0) is 54.4 Å². The summed E-state index contributed by atoms with van der Waals surface area (Å²) in [6, 6.07) is -0.918. The van der Waals surface area contributed by atoms with Crippen LogP contribution in [0.4, 0.5) is 0 Å². The standard InChI is InChI=1S/C19H34N2O6/c1-18(2,3)26-15(22)11-14(20)17(24)21-9-7-13(8-10-21)25-12-16(23)27-19(4,5)6/h13-14H,7-12,20H2,1-6H3. The lowest BCUT2D eigenvalue weighted by atomic mass is 10.1. The molecule has 156 valence electrons. The highest BCUT2D eigenvalue weighted by Crippen LogP contribution is 2.16. The molecule has 0 aromatic heterocycles. The summed E-state index contributed by atoms with van der Waals surface area (Å²) >= 11 is 0.